The van der Waals surface area contributed by atoms with E-state index in [1.807, 2.05) is 0 Å². The summed E-state index contributed by atoms with van der Waals surface area (Å²) in [6.07, 6.45) is 1.30. The molecule has 0 aliphatic carbocycles. The summed E-state index contributed by atoms with van der Waals surface area (Å²) in [5.41, 5.74) is 0.816. The number of aromatic hydroxyl groups is 1. The molecule has 1 atom stereocenters. The highest BCUT2D eigenvalue weighted by Gasteiger charge is 2.14. The van der Waals surface area contributed by atoms with Crippen LogP contribution in [0.1, 0.15) is 18.4 Å². The summed E-state index contributed by atoms with van der Waals surface area (Å²) in [7, 11) is 1.44. The first kappa shape index (κ1) is 16.3. The van der Waals surface area contributed by atoms with Crippen LogP contribution in [0.3, 0.4) is 0 Å². The van der Waals surface area contributed by atoms with E-state index in [1.54, 1.807) is 12.1 Å². The number of carboxylic acids is 1. The molecule has 1 aromatic rings. The number of ether oxygens (including phenoxy) is 1. The molecule has 0 aromatic heterocycles. The highest BCUT2D eigenvalue weighted by Crippen LogP contribution is 2.35. The van der Waals surface area contributed by atoms with Crippen molar-refractivity contribution in [1.82, 2.24) is 5.32 Å². The van der Waals surface area contributed by atoms with E-state index in [1.165, 1.54) is 7.11 Å². The second-order valence-corrected chi connectivity index (χ2v) is 5.10. The number of carbonyl (C=O) groups excluding carboxylic acids is 1. The number of phenolic OH excluding ortho intramolecular Hbond substituents is 1. The average Bonchev–Trinajstić information content (AvgIpc) is 2.40. The van der Waals surface area contributed by atoms with Gasteiger partial charge in [0.25, 0.3) is 0 Å². The van der Waals surface area contributed by atoms with E-state index < -0.39 is 5.97 Å². The second-order valence-electron chi connectivity index (χ2n) is 4.25. The number of halogens is 1. The molecule has 0 spiro atoms. The van der Waals surface area contributed by atoms with Gasteiger partial charge in [-0.3, -0.25) is 9.59 Å². The summed E-state index contributed by atoms with van der Waals surface area (Å²) in [6, 6.07) is 3.07. The number of aliphatic carboxylic acids is 1. The van der Waals surface area contributed by atoms with Crippen LogP contribution in [-0.4, -0.2) is 35.7 Å². The van der Waals surface area contributed by atoms with Crippen LogP contribution in [0.5, 0.6) is 11.5 Å². The summed E-state index contributed by atoms with van der Waals surface area (Å²) in [5.74, 6) is -0.591. The van der Waals surface area contributed by atoms with Gasteiger partial charge in [-0.15, -0.1) is 0 Å². The first-order valence-corrected chi connectivity index (χ1v) is 6.74. The number of carbonyl (C=O) groups is 2. The Morgan fingerprint density at radius 3 is 2.80 bits per heavy atom. The molecule has 1 rings (SSSR count). The standard InChI is InChI=1S/C13H16BrNO5/c1-20-11-6-8(5-10(14)13(11)19)4-9(15-7-16)2-3-12(17)18/h5-7,9,19H,2-4H2,1H3,(H,15,16)(H,17,18). The quantitative estimate of drug-likeness (QED) is 0.623. The second kappa shape index (κ2) is 7.74. The summed E-state index contributed by atoms with van der Waals surface area (Å²) >= 11 is 3.21. The molecule has 0 aliphatic heterocycles. The van der Waals surface area contributed by atoms with E-state index in [0.717, 1.165) is 5.56 Å². The third kappa shape index (κ3) is 4.73. The van der Waals surface area contributed by atoms with Crippen molar-refractivity contribution in [2.45, 2.75) is 25.3 Å². The van der Waals surface area contributed by atoms with Crippen molar-refractivity contribution in [3.8, 4) is 11.5 Å². The monoisotopic (exact) mass is 345 g/mol. The summed E-state index contributed by atoms with van der Waals surface area (Å²) in [6.45, 7) is 0. The van der Waals surface area contributed by atoms with Gasteiger partial charge >= 0.3 is 5.97 Å². The molecule has 7 heteroatoms. The molecule has 0 fully saturated rings. The highest BCUT2D eigenvalue weighted by molar-refractivity contribution is 9.10. The van der Waals surface area contributed by atoms with Gasteiger partial charge in [-0.1, -0.05) is 0 Å². The zero-order valence-electron chi connectivity index (χ0n) is 10.9. The number of phenols is 1. The van der Waals surface area contributed by atoms with Crippen molar-refractivity contribution in [2.24, 2.45) is 0 Å². The largest absolute Gasteiger partial charge is 0.503 e. The van der Waals surface area contributed by atoms with E-state index in [0.29, 0.717) is 29.5 Å². The highest BCUT2D eigenvalue weighted by atomic mass is 79.9. The van der Waals surface area contributed by atoms with Crippen LogP contribution in [0.15, 0.2) is 16.6 Å². The van der Waals surface area contributed by atoms with Crippen LogP contribution in [0.25, 0.3) is 0 Å². The number of benzene rings is 1. The van der Waals surface area contributed by atoms with Crippen LogP contribution < -0.4 is 10.1 Å². The number of methoxy groups -OCH3 is 1. The van der Waals surface area contributed by atoms with Gasteiger partial charge in [-0.2, -0.15) is 0 Å². The molecule has 1 amide bonds. The van der Waals surface area contributed by atoms with Gasteiger partial charge in [-0.25, -0.2) is 0 Å². The molecule has 0 bridgehead atoms. The minimum atomic E-state index is -0.910. The van der Waals surface area contributed by atoms with Crippen molar-refractivity contribution in [2.75, 3.05) is 7.11 Å². The van der Waals surface area contributed by atoms with Gasteiger partial charge in [-0.05, 0) is 46.5 Å². The van der Waals surface area contributed by atoms with Crippen molar-refractivity contribution >= 4 is 28.3 Å². The van der Waals surface area contributed by atoms with Gasteiger partial charge in [0, 0.05) is 12.5 Å². The molecule has 20 heavy (non-hydrogen) atoms. The SMILES string of the molecule is COc1cc(CC(CCC(=O)O)NC=O)cc(Br)c1O. The van der Waals surface area contributed by atoms with Crippen LogP contribution in [-0.2, 0) is 16.0 Å². The zero-order valence-corrected chi connectivity index (χ0v) is 12.5. The lowest BCUT2D eigenvalue weighted by molar-refractivity contribution is -0.137. The van der Waals surface area contributed by atoms with E-state index in [-0.39, 0.29) is 18.2 Å². The Labute approximate surface area is 124 Å². The van der Waals surface area contributed by atoms with Gasteiger partial charge in [0.1, 0.15) is 0 Å². The Balaban J connectivity index is 2.84. The predicted octanol–water partition coefficient (Wildman–Crippen LogP) is 1.69. The fourth-order valence-corrected chi connectivity index (χ4v) is 2.31. The maximum atomic E-state index is 10.6. The number of hydrogen-bond donors (Lipinski definition) is 3. The summed E-state index contributed by atoms with van der Waals surface area (Å²) in [5, 5.41) is 21.0. The van der Waals surface area contributed by atoms with Gasteiger partial charge in [0.2, 0.25) is 6.41 Å². The fourth-order valence-electron chi connectivity index (χ4n) is 1.82. The van der Waals surface area contributed by atoms with Gasteiger partial charge in [0.15, 0.2) is 11.5 Å². The normalized spacial score (nSPS) is 11.7. The topological polar surface area (TPSA) is 95.9 Å². The van der Waals surface area contributed by atoms with Crippen molar-refractivity contribution in [3.63, 3.8) is 0 Å². The van der Waals surface area contributed by atoms with Crippen molar-refractivity contribution < 1.29 is 24.5 Å². The average molecular weight is 346 g/mol. The molecule has 1 unspecified atom stereocenters. The lowest BCUT2D eigenvalue weighted by Gasteiger charge is -2.16. The smallest absolute Gasteiger partial charge is 0.303 e. The summed E-state index contributed by atoms with van der Waals surface area (Å²) in [4.78, 5) is 21.1. The van der Waals surface area contributed by atoms with E-state index in [4.69, 9.17) is 9.84 Å². The first-order chi connectivity index (χ1) is 9.47. The van der Waals surface area contributed by atoms with Gasteiger partial charge < -0.3 is 20.3 Å². The molecule has 0 saturated carbocycles. The van der Waals surface area contributed by atoms with E-state index in [9.17, 15) is 14.7 Å². The zero-order chi connectivity index (χ0) is 15.1. The molecule has 1 aromatic carbocycles. The molecular weight excluding hydrogens is 330 g/mol. The maximum absolute atomic E-state index is 10.6. The number of rotatable bonds is 8. The number of hydrogen-bond acceptors (Lipinski definition) is 4. The van der Waals surface area contributed by atoms with E-state index in [2.05, 4.69) is 21.2 Å². The predicted molar refractivity (Wildman–Crippen MR) is 75.9 cm³/mol. The fraction of sp³-hybridized carbons (Fsp3) is 0.385. The van der Waals surface area contributed by atoms with Crippen LogP contribution in [0.2, 0.25) is 0 Å². The number of carboxylic acid groups (broad SMARTS) is 1. The lowest BCUT2D eigenvalue weighted by Crippen LogP contribution is -2.30. The third-order valence-electron chi connectivity index (χ3n) is 2.80. The molecule has 0 aliphatic rings. The van der Waals surface area contributed by atoms with Crippen molar-refractivity contribution in [1.29, 1.82) is 0 Å². The van der Waals surface area contributed by atoms with Crippen molar-refractivity contribution in [3.05, 3.63) is 22.2 Å². The lowest BCUT2D eigenvalue weighted by atomic mass is 10.0. The Morgan fingerprint density at radius 2 is 2.25 bits per heavy atom. The molecular formula is C13H16BrNO5. The number of amides is 1. The van der Waals surface area contributed by atoms with Crippen LogP contribution in [0.4, 0.5) is 0 Å². The van der Waals surface area contributed by atoms with Gasteiger partial charge in [0.05, 0.1) is 11.6 Å². The molecule has 0 heterocycles. The Morgan fingerprint density at radius 1 is 1.55 bits per heavy atom. The first-order valence-electron chi connectivity index (χ1n) is 5.94. The van der Waals surface area contributed by atoms with E-state index >= 15 is 0 Å². The molecule has 0 saturated heterocycles. The minimum absolute atomic E-state index is 0.00156. The minimum Gasteiger partial charge on any atom is -0.503 e. The summed E-state index contributed by atoms with van der Waals surface area (Å²) < 4.78 is 5.52. The molecule has 6 nitrogen and oxygen atoms in total. The third-order valence-corrected chi connectivity index (χ3v) is 3.41. The van der Waals surface area contributed by atoms with Crippen LogP contribution >= 0.6 is 15.9 Å². The molecule has 3 N–H and O–H groups in total. The Bertz CT molecular complexity index is 492. The molecule has 110 valence electrons. The molecule has 0 radical (unpaired) electrons. The van der Waals surface area contributed by atoms with Crippen LogP contribution in [0, 0.1) is 0 Å². The Kier molecular flexibility index (Phi) is 6.30. The number of nitrogens with one attached hydrogen (secondary N) is 1. The Hall–Kier alpha value is -1.76. The maximum Gasteiger partial charge on any atom is 0.303 e.